The highest BCUT2D eigenvalue weighted by Gasteiger charge is 2.36. The predicted molar refractivity (Wildman–Crippen MR) is 73.2 cm³/mol. The van der Waals surface area contributed by atoms with Crippen LogP contribution in [-0.2, 0) is 4.79 Å². The minimum atomic E-state index is -0.611. The van der Waals surface area contributed by atoms with E-state index in [1.165, 1.54) is 0 Å². The van der Waals surface area contributed by atoms with Crippen LogP contribution in [0.5, 0.6) is 0 Å². The molecule has 1 aliphatic carbocycles. The molecule has 1 aliphatic heterocycles. The van der Waals surface area contributed by atoms with Crippen LogP contribution in [0.1, 0.15) is 39.0 Å². The number of likely N-dealkylation sites (tertiary alicyclic amines) is 1. The van der Waals surface area contributed by atoms with Gasteiger partial charge in [0.15, 0.2) is 0 Å². The maximum absolute atomic E-state index is 12.1. The number of piperidine rings is 1. The van der Waals surface area contributed by atoms with Crippen molar-refractivity contribution in [3.8, 4) is 6.07 Å². The van der Waals surface area contributed by atoms with Crippen LogP contribution in [0.4, 0.5) is 0 Å². The van der Waals surface area contributed by atoms with E-state index in [1.807, 2.05) is 0 Å². The number of hydrogen-bond acceptors (Lipinski definition) is 4. The number of rotatable bonds is 3. The quantitative estimate of drug-likeness (QED) is 0.782. The summed E-state index contributed by atoms with van der Waals surface area (Å²) in [5.41, 5.74) is 5.37. The van der Waals surface area contributed by atoms with Crippen LogP contribution in [0.15, 0.2) is 0 Å². The van der Waals surface area contributed by atoms with Crippen molar-refractivity contribution in [1.82, 2.24) is 10.2 Å². The molecule has 0 bridgehead atoms. The van der Waals surface area contributed by atoms with Crippen molar-refractivity contribution in [2.45, 2.75) is 50.6 Å². The zero-order valence-electron chi connectivity index (χ0n) is 11.7. The second-order valence-corrected chi connectivity index (χ2v) is 6.24. The van der Waals surface area contributed by atoms with Crippen molar-refractivity contribution >= 4 is 5.91 Å². The van der Waals surface area contributed by atoms with Crippen LogP contribution in [0, 0.1) is 17.2 Å². The van der Waals surface area contributed by atoms with Gasteiger partial charge in [0.25, 0.3) is 0 Å². The van der Waals surface area contributed by atoms with Gasteiger partial charge in [0.05, 0.1) is 12.6 Å². The first-order valence-electron chi connectivity index (χ1n) is 7.23. The Labute approximate surface area is 115 Å². The zero-order valence-corrected chi connectivity index (χ0v) is 11.7. The Bertz CT molecular complexity index is 360. The Balaban J connectivity index is 1.85. The molecule has 5 nitrogen and oxygen atoms in total. The molecular weight excluding hydrogens is 240 g/mol. The summed E-state index contributed by atoms with van der Waals surface area (Å²) in [7, 11) is 0. The van der Waals surface area contributed by atoms with Gasteiger partial charge in [0.2, 0.25) is 5.91 Å². The van der Waals surface area contributed by atoms with E-state index in [-0.39, 0.29) is 11.9 Å². The van der Waals surface area contributed by atoms with E-state index in [2.05, 4.69) is 23.2 Å². The Morgan fingerprint density at radius 3 is 2.74 bits per heavy atom. The van der Waals surface area contributed by atoms with Crippen molar-refractivity contribution in [2.75, 3.05) is 19.6 Å². The summed E-state index contributed by atoms with van der Waals surface area (Å²) in [4.78, 5) is 14.2. The van der Waals surface area contributed by atoms with Gasteiger partial charge < -0.3 is 11.1 Å². The van der Waals surface area contributed by atoms with Crippen LogP contribution in [0.2, 0.25) is 0 Å². The molecule has 1 saturated heterocycles. The topological polar surface area (TPSA) is 82.2 Å². The fourth-order valence-electron chi connectivity index (χ4n) is 3.39. The van der Waals surface area contributed by atoms with Crippen LogP contribution in [0.3, 0.4) is 0 Å². The molecule has 2 fully saturated rings. The van der Waals surface area contributed by atoms with Gasteiger partial charge in [-0.2, -0.15) is 5.26 Å². The largest absolute Gasteiger partial charge is 0.337 e. The number of nitrogens with one attached hydrogen (secondary N) is 1. The summed E-state index contributed by atoms with van der Waals surface area (Å²) in [6.45, 7) is 4.22. The van der Waals surface area contributed by atoms with E-state index in [9.17, 15) is 10.1 Å². The second kappa shape index (κ2) is 5.89. The summed E-state index contributed by atoms with van der Waals surface area (Å²) >= 11 is 0. The van der Waals surface area contributed by atoms with Crippen molar-refractivity contribution in [2.24, 2.45) is 11.7 Å². The summed E-state index contributed by atoms with van der Waals surface area (Å²) < 4.78 is 0. The van der Waals surface area contributed by atoms with Crippen LogP contribution in [-0.4, -0.2) is 42.0 Å². The highest BCUT2D eigenvalue weighted by Crippen LogP contribution is 2.28. The standard InChI is InChI=1S/C14H24N4O/c1-11-6-12(16)8-18(7-11)9-13(19)17-14(10-15)4-2-3-5-14/h11-12H,2-9,16H2,1H3,(H,17,19). The third-order valence-electron chi connectivity index (χ3n) is 4.18. The molecule has 1 amide bonds. The monoisotopic (exact) mass is 264 g/mol. The molecule has 2 aliphatic rings. The normalized spacial score (nSPS) is 30.8. The molecule has 0 aromatic heterocycles. The van der Waals surface area contributed by atoms with Crippen molar-refractivity contribution < 1.29 is 4.79 Å². The molecule has 0 radical (unpaired) electrons. The Morgan fingerprint density at radius 1 is 1.47 bits per heavy atom. The summed E-state index contributed by atoms with van der Waals surface area (Å²) in [5, 5.41) is 12.2. The van der Waals surface area contributed by atoms with Gasteiger partial charge in [-0.25, -0.2) is 0 Å². The van der Waals surface area contributed by atoms with Gasteiger partial charge in [-0.1, -0.05) is 6.92 Å². The molecule has 1 saturated carbocycles. The molecule has 1 heterocycles. The molecule has 2 atom stereocenters. The first-order chi connectivity index (χ1) is 9.03. The third kappa shape index (κ3) is 3.68. The second-order valence-electron chi connectivity index (χ2n) is 6.24. The lowest BCUT2D eigenvalue weighted by molar-refractivity contribution is -0.124. The summed E-state index contributed by atoms with van der Waals surface area (Å²) in [5.74, 6) is 0.498. The predicted octanol–water partition coefficient (Wildman–Crippen LogP) is 0.608. The van der Waals surface area contributed by atoms with Crippen LogP contribution in [0.25, 0.3) is 0 Å². The number of carbonyl (C=O) groups excluding carboxylic acids is 1. The molecule has 19 heavy (non-hydrogen) atoms. The Hall–Kier alpha value is -1.12. The molecule has 2 unspecified atom stereocenters. The zero-order chi connectivity index (χ0) is 13.9. The highest BCUT2D eigenvalue weighted by atomic mass is 16.2. The summed E-state index contributed by atoms with van der Waals surface area (Å²) in [6.07, 6.45) is 4.65. The third-order valence-corrected chi connectivity index (χ3v) is 4.18. The number of amides is 1. The van der Waals surface area contributed by atoms with Gasteiger partial charge in [-0.3, -0.25) is 9.69 Å². The molecule has 0 aromatic rings. The maximum atomic E-state index is 12.1. The number of nitrogens with two attached hydrogens (primary N) is 1. The van der Waals surface area contributed by atoms with E-state index < -0.39 is 5.54 Å². The van der Waals surface area contributed by atoms with E-state index >= 15 is 0 Å². The van der Waals surface area contributed by atoms with Gasteiger partial charge in [0.1, 0.15) is 5.54 Å². The number of carbonyl (C=O) groups is 1. The molecule has 0 spiro atoms. The number of nitriles is 1. The molecule has 2 rings (SSSR count). The van der Waals surface area contributed by atoms with E-state index in [4.69, 9.17) is 5.73 Å². The van der Waals surface area contributed by atoms with E-state index in [1.54, 1.807) is 0 Å². The van der Waals surface area contributed by atoms with Crippen molar-refractivity contribution in [1.29, 1.82) is 5.26 Å². The minimum absolute atomic E-state index is 0.0373. The first-order valence-corrected chi connectivity index (χ1v) is 7.23. The molecule has 0 aromatic carbocycles. The fourth-order valence-corrected chi connectivity index (χ4v) is 3.39. The molecule has 106 valence electrons. The number of nitrogens with zero attached hydrogens (tertiary/aromatic N) is 2. The number of hydrogen-bond donors (Lipinski definition) is 2. The lowest BCUT2D eigenvalue weighted by Crippen LogP contribution is -2.53. The first kappa shape index (κ1) is 14.3. The molecular formula is C14H24N4O. The maximum Gasteiger partial charge on any atom is 0.235 e. The smallest absolute Gasteiger partial charge is 0.235 e. The summed E-state index contributed by atoms with van der Waals surface area (Å²) in [6, 6.07) is 2.45. The Morgan fingerprint density at radius 2 is 2.16 bits per heavy atom. The van der Waals surface area contributed by atoms with Gasteiger partial charge in [-0.15, -0.1) is 0 Å². The van der Waals surface area contributed by atoms with Crippen molar-refractivity contribution in [3.05, 3.63) is 0 Å². The van der Waals surface area contributed by atoms with E-state index in [0.717, 1.165) is 45.2 Å². The highest BCUT2D eigenvalue weighted by molar-refractivity contribution is 5.79. The average Bonchev–Trinajstić information content (AvgIpc) is 2.76. The minimum Gasteiger partial charge on any atom is -0.337 e. The van der Waals surface area contributed by atoms with E-state index in [0.29, 0.717) is 12.5 Å². The van der Waals surface area contributed by atoms with Gasteiger partial charge in [-0.05, 0) is 38.0 Å². The molecule has 3 N–H and O–H groups in total. The lowest BCUT2D eigenvalue weighted by Gasteiger charge is -2.34. The van der Waals surface area contributed by atoms with Gasteiger partial charge in [0, 0.05) is 19.1 Å². The lowest BCUT2D eigenvalue weighted by atomic mass is 9.96. The van der Waals surface area contributed by atoms with Crippen LogP contribution < -0.4 is 11.1 Å². The van der Waals surface area contributed by atoms with Crippen molar-refractivity contribution in [3.63, 3.8) is 0 Å². The molecule has 5 heteroatoms. The van der Waals surface area contributed by atoms with Crippen LogP contribution >= 0.6 is 0 Å². The Kier molecular flexibility index (Phi) is 4.43. The SMILES string of the molecule is CC1CC(N)CN(CC(=O)NC2(C#N)CCCC2)C1. The average molecular weight is 264 g/mol. The van der Waals surface area contributed by atoms with Gasteiger partial charge >= 0.3 is 0 Å². The fraction of sp³-hybridized carbons (Fsp3) is 0.857.